The predicted octanol–water partition coefficient (Wildman–Crippen LogP) is 3.55. The Balaban J connectivity index is 2.87. The van der Waals surface area contributed by atoms with Gasteiger partial charge in [0, 0.05) is 12.5 Å². The van der Waals surface area contributed by atoms with E-state index in [2.05, 4.69) is 23.4 Å². The van der Waals surface area contributed by atoms with Crippen LogP contribution in [0.2, 0.25) is 0 Å². The van der Waals surface area contributed by atoms with E-state index < -0.39 is 0 Å². The molecule has 0 heterocycles. The zero-order chi connectivity index (χ0) is 14.8. The first kappa shape index (κ1) is 16.4. The molecular weight excluding hydrogens is 250 g/mol. The molecule has 0 aromatic heterocycles. The Hall–Kier alpha value is -1.66. The van der Waals surface area contributed by atoms with E-state index in [9.17, 15) is 0 Å². The second kappa shape index (κ2) is 9.28. The van der Waals surface area contributed by atoms with Gasteiger partial charge in [0.25, 0.3) is 0 Å². The number of nitrogens with one attached hydrogen (secondary N) is 1. The van der Waals surface area contributed by atoms with E-state index in [1.807, 2.05) is 27.0 Å². The molecule has 0 fully saturated rings. The molecule has 1 atom stereocenters. The smallest absolute Gasteiger partial charge is 0.161 e. The number of ether oxygens (including phenoxy) is 2. The largest absolute Gasteiger partial charge is 0.490 e. The summed E-state index contributed by atoms with van der Waals surface area (Å²) in [5, 5.41) is 3.33. The third kappa shape index (κ3) is 4.79. The molecule has 0 saturated heterocycles. The third-order valence-corrected chi connectivity index (χ3v) is 3.13. The lowest BCUT2D eigenvalue weighted by atomic mass is 10.0. The molecular formula is C17H25NO2. The Morgan fingerprint density at radius 2 is 1.90 bits per heavy atom. The average molecular weight is 275 g/mol. The van der Waals surface area contributed by atoms with Crippen LogP contribution in [0.4, 0.5) is 0 Å². The highest BCUT2D eigenvalue weighted by molar-refractivity contribution is 5.44. The maximum Gasteiger partial charge on any atom is 0.161 e. The quantitative estimate of drug-likeness (QED) is 0.552. The molecule has 1 aromatic rings. The molecule has 3 heteroatoms. The molecule has 110 valence electrons. The maximum absolute atomic E-state index is 5.67. The molecule has 1 unspecified atom stereocenters. The van der Waals surface area contributed by atoms with Gasteiger partial charge in [0.15, 0.2) is 11.5 Å². The summed E-state index contributed by atoms with van der Waals surface area (Å²) < 4.78 is 11.2. The number of unbranched alkanes of at least 4 members (excludes halogenated alkanes) is 1. The second-order valence-corrected chi connectivity index (χ2v) is 4.51. The van der Waals surface area contributed by atoms with Crippen LogP contribution in [-0.4, -0.2) is 20.3 Å². The van der Waals surface area contributed by atoms with Crippen molar-refractivity contribution >= 4 is 0 Å². The number of benzene rings is 1. The molecule has 1 N–H and O–H groups in total. The molecule has 0 aliphatic carbocycles. The van der Waals surface area contributed by atoms with E-state index >= 15 is 0 Å². The van der Waals surface area contributed by atoms with Crippen LogP contribution in [0.1, 0.15) is 44.7 Å². The fourth-order valence-electron chi connectivity index (χ4n) is 2.17. The topological polar surface area (TPSA) is 30.5 Å². The van der Waals surface area contributed by atoms with Gasteiger partial charge < -0.3 is 14.8 Å². The van der Waals surface area contributed by atoms with Gasteiger partial charge in [-0.1, -0.05) is 6.07 Å². The molecule has 0 aliphatic heterocycles. The van der Waals surface area contributed by atoms with Crippen molar-refractivity contribution in [3.63, 3.8) is 0 Å². The number of hydrogen-bond donors (Lipinski definition) is 1. The Bertz CT molecular complexity index is 437. The summed E-state index contributed by atoms with van der Waals surface area (Å²) in [5.74, 6) is 4.30. The zero-order valence-corrected chi connectivity index (χ0v) is 12.7. The highest BCUT2D eigenvalue weighted by Gasteiger charge is 2.12. The molecule has 0 bridgehead atoms. The minimum Gasteiger partial charge on any atom is -0.490 e. The molecule has 1 aromatic carbocycles. The van der Waals surface area contributed by atoms with Crippen molar-refractivity contribution in [2.24, 2.45) is 0 Å². The minimum atomic E-state index is 0.290. The van der Waals surface area contributed by atoms with Crippen molar-refractivity contribution < 1.29 is 9.47 Å². The number of terminal acetylenes is 1. The van der Waals surface area contributed by atoms with Gasteiger partial charge in [-0.2, -0.15) is 0 Å². The molecule has 0 aliphatic rings. The molecule has 0 spiro atoms. The Labute approximate surface area is 122 Å². The average Bonchev–Trinajstić information content (AvgIpc) is 2.46. The van der Waals surface area contributed by atoms with Crippen molar-refractivity contribution in [1.29, 1.82) is 0 Å². The van der Waals surface area contributed by atoms with E-state index in [1.165, 1.54) is 5.56 Å². The predicted molar refractivity (Wildman–Crippen MR) is 83.3 cm³/mol. The highest BCUT2D eigenvalue weighted by Crippen LogP contribution is 2.32. The summed E-state index contributed by atoms with van der Waals surface area (Å²) in [7, 11) is 1.97. The summed E-state index contributed by atoms with van der Waals surface area (Å²) in [6.45, 7) is 5.21. The maximum atomic E-state index is 5.67. The van der Waals surface area contributed by atoms with Crippen molar-refractivity contribution in [3.05, 3.63) is 23.8 Å². The van der Waals surface area contributed by atoms with E-state index in [-0.39, 0.29) is 0 Å². The third-order valence-electron chi connectivity index (χ3n) is 3.13. The van der Waals surface area contributed by atoms with E-state index in [4.69, 9.17) is 15.9 Å². The van der Waals surface area contributed by atoms with Crippen LogP contribution < -0.4 is 14.8 Å². The van der Waals surface area contributed by atoms with Crippen LogP contribution >= 0.6 is 0 Å². The molecule has 0 saturated carbocycles. The van der Waals surface area contributed by atoms with E-state index in [0.717, 1.165) is 30.8 Å². The summed E-state index contributed by atoms with van der Waals surface area (Å²) in [4.78, 5) is 0. The SMILES string of the molecule is C#CCCCC(NC)c1ccc(OCC)c(OCC)c1. The zero-order valence-electron chi connectivity index (χ0n) is 12.7. The van der Waals surface area contributed by atoms with Gasteiger partial charge in [0.1, 0.15) is 0 Å². The summed E-state index contributed by atoms with van der Waals surface area (Å²) in [6, 6.07) is 6.42. The summed E-state index contributed by atoms with van der Waals surface area (Å²) >= 11 is 0. The molecule has 3 nitrogen and oxygen atoms in total. The van der Waals surface area contributed by atoms with Gasteiger partial charge in [0.2, 0.25) is 0 Å². The fourth-order valence-corrected chi connectivity index (χ4v) is 2.17. The van der Waals surface area contributed by atoms with Gasteiger partial charge in [-0.25, -0.2) is 0 Å². The Kier molecular flexibility index (Phi) is 7.60. The van der Waals surface area contributed by atoms with Gasteiger partial charge in [-0.15, -0.1) is 12.3 Å². The normalized spacial score (nSPS) is 11.7. The first-order chi connectivity index (χ1) is 9.76. The molecule has 0 amide bonds. The van der Waals surface area contributed by atoms with Gasteiger partial charge in [-0.05, 0) is 51.4 Å². The van der Waals surface area contributed by atoms with Crippen LogP contribution in [0.25, 0.3) is 0 Å². The lowest BCUT2D eigenvalue weighted by Gasteiger charge is -2.19. The van der Waals surface area contributed by atoms with Gasteiger partial charge in [-0.3, -0.25) is 0 Å². The van der Waals surface area contributed by atoms with Crippen LogP contribution in [0.5, 0.6) is 11.5 Å². The van der Waals surface area contributed by atoms with Crippen LogP contribution in [-0.2, 0) is 0 Å². The van der Waals surface area contributed by atoms with Gasteiger partial charge >= 0.3 is 0 Å². The summed E-state index contributed by atoms with van der Waals surface area (Å²) in [6.07, 6.45) is 8.15. The van der Waals surface area contributed by atoms with Crippen molar-refractivity contribution in [1.82, 2.24) is 5.32 Å². The van der Waals surface area contributed by atoms with Crippen LogP contribution in [0.15, 0.2) is 18.2 Å². The Morgan fingerprint density at radius 1 is 1.20 bits per heavy atom. The monoisotopic (exact) mass is 275 g/mol. The van der Waals surface area contributed by atoms with Crippen LogP contribution in [0.3, 0.4) is 0 Å². The van der Waals surface area contributed by atoms with Crippen LogP contribution in [0, 0.1) is 12.3 Å². The molecule has 20 heavy (non-hydrogen) atoms. The standard InChI is InChI=1S/C17H25NO2/c1-5-8-9-10-15(18-4)14-11-12-16(19-6-2)17(13-14)20-7-3/h1,11-13,15,18H,6-10H2,2-4H3. The highest BCUT2D eigenvalue weighted by atomic mass is 16.5. The number of hydrogen-bond acceptors (Lipinski definition) is 3. The fraction of sp³-hybridized carbons (Fsp3) is 0.529. The van der Waals surface area contributed by atoms with Crippen molar-refractivity contribution in [3.8, 4) is 23.8 Å². The van der Waals surface area contributed by atoms with Crippen molar-refractivity contribution in [2.45, 2.75) is 39.2 Å². The van der Waals surface area contributed by atoms with Crippen molar-refractivity contribution in [2.75, 3.05) is 20.3 Å². The Morgan fingerprint density at radius 3 is 2.50 bits per heavy atom. The molecule has 1 rings (SSSR count). The lowest BCUT2D eigenvalue weighted by molar-refractivity contribution is 0.287. The minimum absolute atomic E-state index is 0.290. The first-order valence-electron chi connectivity index (χ1n) is 7.27. The van der Waals surface area contributed by atoms with E-state index in [0.29, 0.717) is 19.3 Å². The lowest BCUT2D eigenvalue weighted by Crippen LogP contribution is -2.16. The number of rotatable bonds is 9. The summed E-state index contributed by atoms with van der Waals surface area (Å²) in [5.41, 5.74) is 1.21. The second-order valence-electron chi connectivity index (χ2n) is 4.51. The van der Waals surface area contributed by atoms with E-state index in [1.54, 1.807) is 0 Å². The van der Waals surface area contributed by atoms with Gasteiger partial charge in [0.05, 0.1) is 13.2 Å². The first-order valence-corrected chi connectivity index (χ1v) is 7.27. The molecule has 0 radical (unpaired) electrons.